The molecule has 0 radical (unpaired) electrons. The molecule has 0 saturated carbocycles. The van der Waals surface area contributed by atoms with Crippen molar-refractivity contribution < 1.29 is 4.52 Å². The number of benzene rings is 1. The lowest BCUT2D eigenvalue weighted by Crippen LogP contribution is -2.36. The molecule has 0 saturated heterocycles. The van der Waals surface area contributed by atoms with E-state index in [9.17, 15) is 0 Å². The van der Waals surface area contributed by atoms with E-state index in [4.69, 9.17) is 4.52 Å². The van der Waals surface area contributed by atoms with Crippen molar-refractivity contribution in [3.05, 3.63) is 47.9 Å². The lowest BCUT2D eigenvalue weighted by molar-refractivity contribution is 0.136. The molecule has 2 aromatic heterocycles. The quantitative estimate of drug-likeness (QED) is 0.728. The molecule has 0 amide bonds. The zero-order valence-corrected chi connectivity index (χ0v) is 14.8. The standard InChI is InChI=1S/C18H22N6O/c1-12(2)16-19-18(25-22-16)13(3)23-9-10-24-15(11-23)20-21-17(24)14-7-5-4-6-8-14/h4-8,12-13H,9-11H2,1-3H3/t13-/m0/s1. The van der Waals surface area contributed by atoms with Crippen LogP contribution in [0, 0.1) is 0 Å². The molecule has 3 heterocycles. The first-order chi connectivity index (χ1) is 12.1. The van der Waals surface area contributed by atoms with Crippen LogP contribution in [0.2, 0.25) is 0 Å². The second kappa shape index (κ2) is 6.40. The van der Waals surface area contributed by atoms with Crippen molar-refractivity contribution in [3.8, 4) is 11.4 Å². The second-order valence-electron chi connectivity index (χ2n) is 6.75. The summed E-state index contributed by atoms with van der Waals surface area (Å²) < 4.78 is 7.66. The van der Waals surface area contributed by atoms with Crippen LogP contribution in [0.3, 0.4) is 0 Å². The van der Waals surface area contributed by atoms with Gasteiger partial charge >= 0.3 is 0 Å². The third-order valence-corrected chi connectivity index (χ3v) is 4.69. The summed E-state index contributed by atoms with van der Waals surface area (Å²) in [7, 11) is 0. The van der Waals surface area contributed by atoms with Crippen LogP contribution in [-0.2, 0) is 13.1 Å². The first-order valence-electron chi connectivity index (χ1n) is 8.68. The van der Waals surface area contributed by atoms with E-state index in [0.29, 0.717) is 5.89 Å². The average molecular weight is 338 g/mol. The maximum atomic E-state index is 5.46. The van der Waals surface area contributed by atoms with Gasteiger partial charge in [-0.2, -0.15) is 4.98 Å². The Bertz CT molecular complexity index is 854. The average Bonchev–Trinajstić information content (AvgIpc) is 3.28. The van der Waals surface area contributed by atoms with Crippen LogP contribution in [-0.4, -0.2) is 36.3 Å². The number of fused-ring (bicyclic) bond motifs is 1. The van der Waals surface area contributed by atoms with Crippen LogP contribution < -0.4 is 0 Å². The Balaban J connectivity index is 1.54. The van der Waals surface area contributed by atoms with E-state index in [1.54, 1.807) is 0 Å². The Morgan fingerprint density at radius 2 is 1.84 bits per heavy atom. The minimum absolute atomic E-state index is 0.0608. The molecular formula is C18H22N6O. The highest BCUT2D eigenvalue weighted by Gasteiger charge is 2.28. The van der Waals surface area contributed by atoms with Crippen molar-refractivity contribution in [1.82, 2.24) is 29.8 Å². The molecule has 1 aromatic carbocycles. The molecule has 7 heteroatoms. The van der Waals surface area contributed by atoms with Gasteiger partial charge in [0.2, 0.25) is 5.89 Å². The zero-order chi connectivity index (χ0) is 17.4. The minimum Gasteiger partial charge on any atom is -0.338 e. The number of hydrogen-bond donors (Lipinski definition) is 0. The smallest absolute Gasteiger partial charge is 0.243 e. The van der Waals surface area contributed by atoms with Gasteiger partial charge in [0.15, 0.2) is 11.6 Å². The summed E-state index contributed by atoms with van der Waals surface area (Å²) in [6.07, 6.45) is 0. The molecule has 0 fully saturated rings. The van der Waals surface area contributed by atoms with Crippen molar-refractivity contribution >= 4 is 0 Å². The van der Waals surface area contributed by atoms with E-state index >= 15 is 0 Å². The molecule has 7 nitrogen and oxygen atoms in total. The normalized spacial score (nSPS) is 16.2. The van der Waals surface area contributed by atoms with Crippen LogP contribution in [0.4, 0.5) is 0 Å². The van der Waals surface area contributed by atoms with Crippen molar-refractivity contribution in [3.63, 3.8) is 0 Å². The molecule has 1 aliphatic heterocycles. The fourth-order valence-electron chi connectivity index (χ4n) is 3.12. The maximum Gasteiger partial charge on any atom is 0.243 e. The van der Waals surface area contributed by atoms with E-state index in [-0.39, 0.29) is 12.0 Å². The molecule has 0 bridgehead atoms. The lowest BCUT2D eigenvalue weighted by Gasteiger charge is -2.30. The van der Waals surface area contributed by atoms with E-state index < -0.39 is 0 Å². The van der Waals surface area contributed by atoms with E-state index in [1.807, 2.05) is 18.2 Å². The SMILES string of the molecule is CC(C)c1noc([C@H](C)N2CCn3c(nnc3-c3ccccc3)C2)n1. The molecule has 25 heavy (non-hydrogen) atoms. The van der Waals surface area contributed by atoms with E-state index in [1.165, 1.54) is 0 Å². The van der Waals surface area contributed by atoms with Crippen molar-refractivity contribution in [2.75, 3.05) is 6.54 Å². The summed E-state index contributed by atoms with van der Waals surface area (Å²) in [5.74, 6) is 3.60. The van der Waals surface area contributed by atoms with Crippen LogP contribution >= 0.6 is 0 Å². The van der Waals surface area contributed by atoms with Gasteiger partial charge in [0.1, 0.15) is 5.82 Å². The van der Waals surface area contributed by atoms with Gasteiger partial charge in [0.05, 0.1) is 12.6 Å². The summed E-state index contributed by atoms with van der Waals surface area (Å²) in [5.41, 5.74) is 1.10. The van der Waals surface area contributed by atoms with Crippen LogP contribution in [0.15, 0.2) is 34.9 Å². The fraction of sp³-hybridized carbons (Fsp3) is 0.444. The molecule has 3 aromatic rings. The van der Waals surface area contributed by atoms with Crippen LogP contribution in [0.25, 0.3) is 11.4 Å². The predicted molar refractivity (Wildman–Crippen MR) is 92.7 cm³/mol. The monoisotopic (exact) mass is 338 g/mol. The van der Waals surface area contributed by atoms with Crippen molar-refractivity contribution in [2.24, 2.45) is 0 Å². The summed E-state index contributed by atoms with van der Waals surface area (Å²) in [5, 5.41) is 12.9. The number of hydrogen-bond acceptors (Lipinski definition) is 6. The van der Waals surface area contributed by atoms with Gasteiger partial charge in [-0.05, 0) is 6.92 Å². The molecule has 4 rings (SSSR count). The van der Waals surface area contributed by atoms with Gasteiger partial charge in [0, 0.05) is 24.6 Å². The van der Waals surface area contributed by atoms with Crippen LogP contribution in [0.5, 0.6) is 0 Å². The van der Waals surface area contributed by atoms with E-state index in [2.05, 4.69) is 62.7 Å². The topological polar surface area (TPSA) is 72.9 Å². The van der Waals surface area contributed by atoms with E-state index in [0.717, 1.165) is 42.7 Å². The molecule has 0 aliphatic carbocycles. The van der Waals surface area contributed by atoms with Gasteiger partial charge in [0.25, 0.3) is 0 Å². The fourth-order valence-corrected chi connectivity index (χ4v) is 3.12. The predicted octanol–water partition coefficient (Wildman–Crippen LogP) is 3.03. The molecule has 1 aliphatic rings. The Morgan fingerprint density at radius 3 is 2.56 bits per heavy atom. The maximum absolute atomic E-state index is 5.46. The minimum atomic E-state index is 0.0608. The number of nitrogens with zero attached hydrogens (tertiary/aromatic N) is 6. The van der Waals surface area contributed by atoms with Crippen molar-refractivity contribution in [2.45, 2.75) is 45.8 Å². The molecular weight excluding hydrogens is 316 g/mol. The summed E-state index contributed by atoms with van der Waals surface area (Å²) in [6.45, 7) is 8.69. The van der Waals surface area contributed by atoms with Crippen LogP contribution in [0.1, 0.15) is 50.3 Å². The third kappa shape index (κ3) is 2.95. The molecule has 0 spiro atoms. The highest BCUT2D eigenvalue weighted by molar-refractivity contribution is 5.55. The Labute approximate surface area is 146 Å². The second-order valence-corrected chi connectivity index (χ2v) is 6.75. The molecule has 0 unspecified atom stereocenters. The summed E-state index contributed by atoms with van der Waals surface area (Å²) >= 11 is 0. The largest absolute Gasteiger partial charge is 0.338 e. The Morgan fingerprint density at radius 1 is 1.04 bits per heavy atom. The number of rotatable bonds is 4. The van der Waals surface area contributed by atoms with Gasteiger partial charge in [-0.15, -0.1) is 10.2 Å². The van der Waals surface area contributed by atoms with Gasteiger partial charge < -0.3 is 9.09 Å². The van der Waals surface area contributed by atoms with Gasteiger partial charge in [-0.1, -0.05) is 49.3 Å². The molecule has 130 valence electrons. The van der Waals surface area contributed by atoms with Gasteiger partial charge in [-0.25, -0.2) is 0 Å². The molecule has 0 N–H and O–H groups in total. The summed E-state index contributed by atoms with van der Waals surface area (Å²) in [6, 6.07) is 10.3. The first kappa shape index (κ1) is 16.0. The highest BCUT2D eigenvalue weighted by Crippen LogP contribution is 2.27. The summed E-state index contributed by atoms with van der Waals surface area (Å²) in [4.78, 5) is 6.83. The Hall–Kier alpha value is -2.54. The molecule has 1 atom stereocenters. The first-order valence-corrected chi connectivity index (χ1v) is 8.68. The number of aromatic nitrogens is 5. The zero-order valence-electron chi connectivity index (χ0n) is 14.8. The third-order valence-electron chi connectivity index (χ3n) is 4.69. The highest BCUT2D eigenvalue weighted by atomic mass is 16.5. The lowest BCUT2D eigenvalue weighted by atomic mass is 10.2. The van der Waals surface area contributed by atoms with Gasteiger partial charge in [-0.3, -0.25) is 4.90 Å². The van der Waals surface area contributed by atoms with Crippen molar-refractivity contribution in [1.29, 1.82) is 0 Å². The Kier molecular flexibility index (Phi) is 4.09.